The molecule has 0 aliphatic heterocycles. The van der Waals surface area contributed by atoms with Crippen LogP contribution in [-0.4, -0.2) is 31.4 Å². The summed E-state index contributed by atoms with van der Waals surface area (Å²) in [5.74, 6) is -1.29. The smallest absolute Gasteiger partial charge is 0.340 e. The second-order valence-corrected chi connectivity index (χ2v) is 5.40. The van der Waals surface area contributed by atoms with E-state index in [1.165, 1.54) is 6.07 Å². The Bertz CT molecular complexity index is 497. The van der Waals surface area contributed by atoms with Crippen molar-refractivity contribution in [2.24, 2.45) is 0 Å². The molecule has 0 fully saturated rings. The van der Waals surface area contributed by atoms with E-state index in [9.17, 15) is 9.18 Å². The van der Waals surface area contributed by atoms with Gasteiger partial charge in [-0.25, -0.2) is 9.18 Å². The Morgan fingerprint density at radius 3 is 2.52 bits per heavy atom. The van der Waals surface area contributed by atoms with Crippen LogP contribution in [0.1, 0.15) is 38.1 Å². The molecule has 21 heavy (non-hydrogen) atoms. The van der Waals surface area contributed by atoms with E-state index in [4.69, 9.17) is 19.9 Å². The van der Waals surface area contributed by atoms with Crippen molar-refractivity contribution in [2.45, 2.75) is 33.3 Å². The van der Waals surface area contributed by atoms with Gasteiger partial charge in [-0.1, -0.05) is 0 Å². The molecule has 1 rings (SSSR count). The van der Waals surface area contributed by atoms with Crippen molar-refractivity contribution in [3.8, 4) is 5.75 Å². The van der Waals surface area contributed by atoms with Crippen molar-refractivity contribution < 1.29 is 23.4 Å². The fraction of sp³-hybridized carbons (Fsp3) is 0.533. The summed E-state index contributed by atoms with van der Waals surface area (Å²) >= 11 is 0. The Balaban J connectivity index is 2.74. The third kappa shape index (κ3) is 5.59. The van der Waals surface area contributed by atoms with Crippen LogP contribution in [0.5, 0.6) is 5.75 Å². The molecule has 0 aromatic heterocycles. The number of benzene rings is 1. The minimum absolute atomic E-state index is 0.0178. The van der Waals surface area contributed by atoms with E-state index >= 15 is 0 Å². The molecule has 0 atom stereocenters. The van der Waals surface area contributed by atoms with Crippen LogP contribution in [0.4, 0.5) is 10.1 Å². The zero-order valence-electron chi connectivity index (χ0n) is 12.9. The molecule has 0 radical (unpaired) electrons. The predicted octanol–water partition coefficient (Wildman–Crippen LogP) is 2.78. The van der Waals surface area contributed by atoms with Crippen molar-refractivity contribution in [1.82, 2.24) is 0 Å². The van der Waals surface area contributed by atoms with Crippen LogP contribution >= 0.6 is 0 Å². The fourth-order valence-corrected chi connectivity index (χ4v) is 1.56. The molecule has 0 saturated heterocycles. The highest BCUT2D eigenvalue weighted by atomic mass is 19.1. The quantitative estimate of drug-likeness (QED) is 0.497. The molecule has 5 nitrogen and oxygen atoms in total. The van der Waals surface area contributed by atoms with Gasteiger partial charge in [-0.15, -0.1) is 0 Å². The first-order chi connectivity index (χ1) is 9.74. The first-order valence-electron chi connectivity index (χ1n) is 6.77. The lowest BCUT2D eigenvalue weighted by atomic mass is 10.1. The van der Waals surface area contributed by atoms with E-state index in [1.807, 2.05) is 20.8 Å². The second kappa shape index (κ2) is 7.26. The molecule has 0 bridgehead atoms. The second-order valence-electron chi connectivity index (χ2n) is 5.40. The Kier molecular flexibility index (Phi) is 5.96. The topological polar surface area (TPSA) is 70.8 Å². The molecule has 0 heterocycles. The first-order valence-corrected chi connectivity index (χ1v) is 6.77. The molecular formula is C15H22FNO4. The van der Waals surface area contributed by atoms with Crippen molar-refractivity contribution in [3.63, 3.8) is 0 Å². The standard InChI is InChI=1S/C15H22FNO4/c1-5-19-14(18)10-8-13(11(16)9-12(10)17)20-6-7-21-15(2,3)4/h8-9H,5-7,17H2,1-4H3. The highest BCUT2D eigenvalue weighted by Crippen LogP contribution is 2.25. The normalized spacial score (nSPS) is 11.3. The first kappa shape index (κ1) is 17.2. The van der Waals surface area contributed by atoms with Crippen LogP contribution in [0.3, 0.4) is 0 Å². The maximum absolute atomic E-state index is 13.7. The van der Waals surface area contributed by atoms with Crippen LogP contribution in [0.2, 0.25) is 0 Å². The number of ether oxygens (including phenoxy) is 3. The van der Waals surface area contributed by atoms with Gasteiger partial charge in [0, 0.05) is 11.8 Å². The summed E-state index contributed by atoms with van der Waals surface area (Å²) in [7, 11) is 0. The molecule has 1 aromatic carbocycles. The summed E-state index contributed by atoms with van der Waals surface area (Å²) in [4.78, 5) is 11.7. The van der Waals surface area contributed by atoms with Gasteiger partial charge in [0.1, 0.15) is 6.61 Å². The minimum atomic E-state index is -0.628. The zero-order valence-corrected chi connectivity index (χ0v) is 12.9. The van der Waals surface area contributed by atoms with E-state index in [0.717, 1.165) is 6.07 Å². The number of nitrogens with two attached hydrogens (primary N) is 1. The summed E-state index contributed by atoms with van der Waals surface area (Å²) in [5, 5.41) is 0. The van der Waals surface area contributed by atoms with Crippen molar-refractivity contribution in [1.29, 1.82) is 0 Å². The molecule has 6 heteroatoms. The van der Waals surface area contributed by atoms with Crippen molar-refractivity contribution in [2.75, 3.05) is 25.6 Å². The number of esters is 1. The summed E-state index contributed by atoms with van der Waals surface area (Å²) in [6.45, 7) is 8.10. The van der Waals surface area contributed by atoms with Gasteiger partial charge in [0.15, 0.2) is 11.6 Å². The van der Waals surface area contributed by atoms with Gasteiger partial charge < -0.3 is 19.9 Å². The van der Waals surface area contributed by atoms with Gasteiger partial charge in [0.2, 0.25) is 0 Å². The number of hydrogen-bond acceptors (Lipinski definition) is 5. The van der Waals surface area contributed by atoms with Crippen LogP contribution in [-0.2, 0) is 9.47 Å². The molecule has 0 amide bonds. The van der Waals surface area contributed by atoms with Crippen LogP contribution in [0.25, 0.3) is 0 Å². The minimum Gasteiger partial charge on any atom is -0.488 e. The maximum Gasteiger partial charge on any atom is 0.340 e. The number of nitrogen functional groups attached to an aromatic ring is 1. The largest absolute Gasteiger partial charge is 0.488 e. The molecule has 0 spiro atoms. The number of carbonyl (C=O) groups is 1. The maximum atomic E-state index is 13.7. The average Bonchev–Trinajstić information content (AvgIpc) is 2.35. The average molecular weight is 299 g/mol. The summed E-state index contributed by atoms with van der Waals surface area (Å²) in [5.41, 5.74) is 5.43. The Morgan fingerprint density at radius 1 is 1.29 bits per heavy atom. The molecule has 2 N–H and O–H groups in total. The number of hydrogen-bond donors (Lipinski definition) is 1. The third-order valence-corrected chi connectivity index (χ3v) is 2.48. The summed E-state index contributed by atoms with van der Waals surface area (Å²) in [6.07, 6.45) is 0. The monoisotopic (exact) mass is 299 g/mol. The van der Waals surface area contributed by atoms with Gasteiger partial charge in [0.05, 0.1) is 24.4 Å². The van der Waals surface area contributed by atoms with Gasteiger partial charge in [0.25, 0.3) is 0 Å². The number of carbonyl (C=O) groups excluding carboxylic acids is 1. The van der Waals surface area contributed by atoms with E-state index in [-0.39, 0.29) is 35.8 Å². The summed E-state index contributed by atoms with van der Waals surface area (Å²) < 4.78 is 29.4. The molecular weight excluding hydrogens is 277 g/mol. The SMILES string of the molecule is CCOC(=O)c1cc(OCCOC(C)(C)C)c(F)cc1N. The third-order valence-electron chi connectivity index (χ3n) is 2.48. The van der Waals surface area contributed by atoms with E-state index < -0.39 is 11.8 Å². The van der Waals surface area contributed by atoms with Gasteiger partial charge in [-0.05, 0) is 33.8 Å². The van der Waals surface area contributed by atoms with E-state index in [1.54, 1.807) is 6.92 Å². The zero-order chi connectivity index (χ0) is 16.0. The van der Waals surface area contributed by atoms with Crippen LogP contribution in [0, 0.1) is 5.82 Å². The lowest BCUT2D eigenvalue weighted by Crippen LogP contribution is -2.22. The van der Waals surface area contributed by atoms with Gasteiger partial charge in [-0.2, -0.15) is 0 Å². The lowest BCUT2D eigenvalue weighted by Gasteiger charge is -2.19. The summed E-state index contributed by atoms with van der Waals surface area (Å²) in [6, 6.07) is 2.30. The van der Waals surface area contributed by atoms with Gasteiger partial charge >= 0.3 is 5.97 Å². The van der Waals surface area contributed by atoms with Crippen LogP contribution in [0.15, 0.2) is 12.1 Å². The van der Waals surface area contributed by atoms with Crippen molar-refractivity contribution >= 4 is 11.7 Å². The molecule has 1 aromatic rings. The molecule has 0 unspecified atom stereocenters. The highest BCUT2D eigenvalue weighted by Gasteiger charge is 2.16. The van der Waals surface area contributed by atoms with E-state index in [2.05, 4.69) is 0 Å². The number of anilines is 1. The Morgan fingerprint density at radius 2 is 1.95 bits per heavy atom. The van der Waals surface area contributed by atoms with E-state index in [0.29, 0.717) is 6.61 Å². The van der Waals surface area contributed by atoms with Crippen molar-refractivity contribution in [3.05, 3.63) is 23.5 Å². The molecule has 0 saturated carbocycles. The lowest BCUT2D eigenvalue weighted by molar-refractivity contribution is -0.0166. The molecule has 0 aliphatic rings. The number of rotatable bonds is 6. The predicted molar refractivity (Wildman–Crippen MR) is 78.0 cm³/mol. The Hall–Kier alpha value is -1.82. The highest BCUT2D eigenvalue weighted by molar-refractivity contribution is 5.95. The van der Waals surface area contributed by atoms with Crippen LogP contribution < -0.4 is 10.5 Å². The molecule has 118 valence electrons. The number of halogens is 1. The Labute approximate surface area is 124 Å². The van der Waals surface area contributed by atoms with Gasteiger partial charge in [-0.3, -0.25) is 0 Å². The molecule has 0 aliphatic carbocycles. The fourth-order valence-electron chi connectivity index (χ4n) is 1.56.